The van der Waals surface area contributed by atoms with Gasteiger partial charge in [0.2, 0.25) is 0 Å². The van der Waals surface area contributed by atoms with E-state index in [0.717, 1.165) is 5.69 Å². The Balaban J connectivity index is 2.01. The van der Waals surface area contributed by atoms with Gasteiger partial charge in [-0.25, -0.2) is 4.98 Å². The van der Waals surface area contributed by atoms with Gasteiger partial charge in [0.1, 0.15) is 0 Å². The van der Waals surface area contributed by atoms with Crippen LogP contribution in [-0.4, -0.2) is 15.7 Å². The molecular formula is C9H11F3N2. The lowest BCUT2D eigenvalue weighted by atomic mass is 9.95. The fraction of sp³-hybridized carbons (Fsp3) is 0.667. The first-order valence-corrected chi connectivity index (χ1v) is 4.60. The number of alkyl halides is 3. The zero-order chi connectivity index (χ0) is 10.2. The SMILES string of the molecule is FC(F)(F)CC1CCc2cncn2C1. The van der Waals surface area contributed by atoms with Crippen molar-refractivity contribution in [1.82, 2.24) is 9.55 Å². The number of nitrogens with zero attached hydrogens (tertiary/aromatic N) is 2. The molecule has 1 aromatic rings. The van der Waals surface area contributed by atoms with Gasteiger partial charge in [-0.3, -0.25) is 0 Å². The molecule has 1 aliphatic rings. The molecule has 14 heavy (non-hydrogen) atoms. The average Bonchev–Trinajstić information content (AvgIpc) is 2.47. The number of rotatable bonds is 1. The Hall–Kier alpha value is -1.00. The van der Waals surface area contributed by atoms with Crippen LogP contribution in [-0.2, 0) is 13.0 Å². The van der Waals surface area contributed by atoms with Crippen LogP contribution in [0, 0.1) is 5.92 Å². The van der Waals surface area contributed by atoms with Crippen LogP contribution >= 0.6 is 0 Å². The number of hydrogen-bond donors (Lipinski definition) is 0. The number of aryl methyl sites for hydroxylation is 1. The predicted molar refractivity (Wildman–Crippen MR) is 44.7 cm³/mol. The fourth-order valence-corrected chi connectivity index (χ4v) is 1.94. The van der Waals surface area contributed by atoms with Gasteiger partial charge >= 0.3 is 6.18 Å². The minimum atomic E-state index is -4.04. The highest BCUT2D eigenvalue weighted by Gasteiger charge is 2.33. The highest BCUT2D eigenvalue weighted by atomic mass is 19.4. The Kier molecular flexibility index (Phi) is 2.25. The lowest BCUT2D eigenvalue weighted by Crippen LogP contribution is -2.24. The highest BCUT2D eigenvalue weighted by molar-refractivity contribution is 5.01. The third kappa shape index (κ3) is 2.08. The second kappa shape index (κ2) is 3.29. The van der Waals surface area contributed by atoms with Gasteiger partial charge in [0.05, 0.1) is 6.33 Å². The van der Waals surface area contributed by atoms with E-state index in [1.807, 2.05) is 4.57 Å². The van der Waals surface area contributed by atoms with Crippen LogP contribution in [0.5, 0.6) is 0 Å². The minimum Gasteiger partial charge on any atom is -0.334 e. The van der Waals surface area contributed by atoms with E-state index in [4.69, 9.17) is 0 Å². The normalized spacial score (nSPS) is 22.1. The Bertz CT molecular complexity index is 316. The zero-order valence-corrected chi connectivity index (χ0v) is 7.59. The molecule has 78 valence electrons. The Morgan fingerprint density at radius 2 is 2.29 bits per heavy atom. The van der Waals surface area contributed by atoms with Gasteiger partial charge in [0.15, 0.2) is 0 Å². The molecule has 1 aromatic heterocycles. The van der Waals surface area contributed by atoms with Gasteiger partial charge in [-0.05, 0) is 18.8 Å². The molecule has 0 N–H and O–H groups in total. The molecule has 0 amide bonds. The largest absolute Gasteiger partial charge is 0.389 e. The first kappa shape index (κ1) is 9.55. The molecule has 0 radical (unpaired) electrons. The monoisotopic (exact) mass is 204 g/mol. The molecule has 0 saturated heterocycles. The second-order valence-corrected chi connectivity index (χ2v) is 3.76. The van der Waals surface area contributed by atoms with Crippen LogP contribution in [0.25, 0.3) is 0 Å². The summed E-state index contributed by atoms with van der Waals surface area (Å²) in [6.45, 7) is 0.453. The summed E-state index contributed by atoms with van der Waals surface area (Å²) in [5.41, 5.74) is 1.04. The van der Waals surface area contributed by atoms with Crippen molar-refractivity contribution in [3.8, 4) is 0 Å². The maximum absolute atomic E-state index is 12.1. The van der Waals surface area contributed by atoms with Crippen LogP contribution < -0.4 is 0 Å². The van der Waals surface area contributed by atoms with Crippen molar-refractivity contribution in [2.75, 3.05) is 0 Å². The molecule has 0 aromatic carbocycles. The molecule has 2 rings (SSSR count). The van der Waals surface area contributed by atoms with Crippen molar-refractivity contribution in [2.45, 2.75) is 32.0 Å². The summed E-state index contributed by atoms with van der Waals surface area (Å²) in [6.07, 6.45) is -0.0546. The van der Waals surface area contributed by atoms with E-state index < -0.39 is 12.6 Å². The van der Waals surface area contributed by atoms with E-state index in [1.165, 1.54) is 0 Å². The summed E-state index contributed by atoms with van der Waals surface area (Å²) in [6, 6.07) is 0. The summed E-state index contributed by atoms with van der Waals surface area (Å²) in [7, 11) is 0. The van der Waals surface area contributed by atoms with Crippen LogP contribution in [0.15, 0.2) is 12.5 Å². The maximum Gasteiger partial charge on any atom is 0.389 e. The molecule has 0 fully saturated rings. The summed E-state index contributed by atoms with van der Waals surface area (Å²) >= 11 is 0. The number of aromatic nitrogens is 2. The van der Waals surface area contributed by atoms with Gasteiger partial charge in [-0.1, -0.05) is 0 Å². The van der Waals surface area contributed by atoms with E-state index >= 15 is 0 Å². The third-order valence-corrected chi connectivity index (χ3v) is 2.58. The van der Waals surface area contributed by atoms with Crippen molar-refractivity contribution in [3.05, 3.63) is 18.2 Å². The Labute approximate surface area is 79.8 Å². The van der Waals surface area contributed by atoms with Gasteiger partial charge in [0.25, 0.3) is 0 Å². The van der Waals surface area contributed by atoms with Crippen molar-refractivity contribution in [2.24, 2.45) is 5.92 Å². The molecule has 2 heterocycles. The number of imidazole rings is 1. The molecule has 1 atom stereocenters. The first-order valence-electron chi connectivity index (χ1n) is 4.60. The fourth-order valence-electron chi connectivity index (χ4n) is 1.94. The summed E-state index contributed by atoms with van der Waals surface area (Å²) in [5, 5.41) is 0. The average molecular weight is 204 g/mol. The lowest BCUT2D eigenvalue weighted by Gasteiger charge is -2.24. The molecule has 0 spiro atoms. The molecule has 2 nitrogen and oxygen atoms in total. The maximum atomic E-state index is 12.1. The topological polar surface area (TPSA) is 17.8 Å². The highest BCUT2D eigenvalue weighted by Crippen LogP contribution is 2.30. The van der Waals surface area contributed by atoms with E-state index in [2.05, 4.69) is 4.98 Å². The molecule has 0 saturated carbocycles. The smallest absolute Gasteiger partial charge is 0.334 e. The minimum absolute atomic E-state index is 0.281. The van der Waals surface area contributed by atoms with Crippen LogP contribution in [0.3, 0.4) is 0 Å². The second-order valence-electron chi connectivity index (χ2n) is 3.76. The Morgan fingerprint density at radius 3 is 3.00 bits per heavy atom. The van der Waals surface area contributed by atoms with Crippen molar-refractivity contribution >= 4 is 0 Å². The van der Waals surface area contributed by atoms with E-state index in [-0.39, 0.29) is 5.92 Å². The zero-order valence-electron chi connectivity index (χ0n) is 7.59. The van der Waals surface area contributed by atoms with Gasteiger partial charge in [-0.15, -0.1) is 0 Å². The molecule has 5 heteroatoms. The van der Waals surface area contributed by atoms with Gasteiger partial charge < -0.3 is 4.57 Å². The van der Waals surface area contributed by atoms with E-state index in [9.17, 15) is 13.2 Å². The van der Waals surface area contributed by atoms with Crippen molar-refractivity contribution in [3.63, 3.8) is 0 Å². The quantitative estimate of drug-likeness (QED) is 0.686. The summed E-state index contributed by atoms with van der Waals surface area (Å²) in [5.74, 6) is -0.281. The Morgan fingerprint density at radius 1 is 1.50 bits per heavy atom. The lowest BCUT2D eigenvalue weighted by molar-refractivity contribution is -0.146. The molecule has 0 aliphatic carbocycles. The van der Waals surface area contributed by atoms with Gasteiger partial charge in [0, 0.05) is 24.9 Å². The van der Waals surface area contributed by atoms with E-state index in [0.29, 0.717) is 19.4 Å². The van der Waals surface area contributed by atoms with E-state index in [1.54, 1.807) is 12.5 Å². The number of halogens is 3. The third-order valence-electron chi connectivity index (χ3n) is 2.58. The standard InChI is InChI=1S/C9H11F3N2/c10-9(11,12)3-7-1-2-8-4-13-6-14(8)5-7/h4,6-7H,1-3,5H2. The predicted octanol–water partition coefficient (Wildman–Crippen LogP) is 2.40. The summed E-state index contributed by atoms with van der Waals surface area (Å²) < 4.78 is 38.2. The van der Waals surface area contributed by atoms with Crippen LogP contribution in [0.4, 0.5) is 13.2 Å². The molecule has 1 aliphatic heterocycles. The van der Waals surface area contributed by atoms with Crippen LogP contribution in [0.1, 0.15) is 18.5 Å². The first-order chi connectivity index (χ1) is 6.54. The summed E-state index contributed by atoms with van der Waals surface area (Å²) in [4.78, 5) is 3.92. The van der Waals surface area contributed by atoms with Crippen molar-refractivity contribution < 1.29 is 13.2 Å². The molecule has 0 bridgehead atoms. The number of fused-ring (bicyclic) bond motifs is 1. The van der Waals surface area contributed by atoms with Crippen molar-refractivity contribution in [1.29, 1.82) is 0 Å². The molecule has 1 unspecified atom stereocenters. The van der Waals surface area contributed by atoms with Gasteiger partial charge in [-0.2, -0.15) is 13.2 Å². The number of hydrogen-bond acceptors (Lipinski definition) is 1. The molecular weight excluding hydrogens is 193 g/mol. The van der Waals surface area contributed by atoms with Crippen LogP contribution in [0.2, 0.25) is 0 Å².